The normalized spacial score (nSPS) is 11.6. The summed E-state index contributed by atoms with van der Waals surface area (Å²) in [6, 6.07) is 19.1. The van der Waals surface area contributed by atoms with Gasteiger partial charge in [-0.05, 0) is 57.5 Å². The van der Waals surface area contributed by atoms with Crippen LogP contribution in [0.1, 0.15) is 41.7 Å². The van der Waals surface area contributed by atoms with Crippen molar-refractivity contribution in [2.75, 3.05) is 6.54 Å². The Morgan fingerprint density at radius 1 is 1.09 bits per heavy atom. The number of halogens is 1. The van der Waals surface area contributed by atoms with E-state index in [1.807, 2.05) is 87.0 Å². The smallest absolute Gasteiger partial charge is 0.264 e. The maximum absolute atomic E-state index is 13.7. The number of nitrogens with one attached hydrogen (secondary N) is 1. The molecule has 176 valence electrons. The summed E-state index contributed by atoms with van der Waals surface area (Å²) in [7, 11) is 0. The first kappa shape index (κ1) is 24.0. The van der Waals surface area contributed by atoms with Crippen molar-refractivity contribution < 1.29 is 9.59 Å². The monoisotopic (exact) mass is 494 g/mol. The van der Waals surface area contributed by atoms with E-state index in [0.29, 0.717) is 9.90 Å². The van der Waals surface area contributed by atoms with Crippen LogP contribution in [0.5, 0.6) is 0 Å². The Morgan fingerprint density at radius 3 is 2.44 bits per heavy atom. The summed E-state index contributed by atoms with van der Waals surface area (Å²) in [6.07, 6.45) is 0. The lowest BCUT2D eigenvalue weighted by Gasteiger charge is -2.26. The molecule has 0 aliphatic carbocycles. The van der Waals surface area contributed by atoms with Gasteiger partial charge in [-0.2, -0.15) is 5.10 Å². The van der Waals surface area contributed by atoms with Crippen molar-refractivity contribution in [3.05, 3.63) is 81.8 Å². The number of aromatic nitrogens is 2. The molecule has 0 radical (unpaired) electrons. The zero-order valence-electron chi connectivity index (χ0n) is 19.6. The minimum atomic E-state index is -0.399. The van der Waals surface area contributed by atoms with E-state index in [0.717, 1.165) is 27.2 Å². The summed E-state index contributed by atoms with van der Waals surface area (Å²) in [5.41, 5.74) is 2.16. The van der Waals surface area contributed by atoms with Crippen LogP contribution in [0.25, 0.3) is 15.9 Å². The van der Waals surface area contributed by atoms with Crippen LogP contribution >= 0.6 is 22.9 Å². The van der Waals surface area contributed by atoms with Gasteiger partial charge in [-0.25, -0.2) is 4.68 Å². The fraction of sp³-hybridized carbons (Fsp3) is 0.269. The Hall–Kier alpha value is -3.16. The van der Waals surface area contributed by atoms with Crippen LogP contribution in [0, 0.1) is 6.92 Å². The number of aryl methyl sites for hydroxylation is 1. The van der Waals surface area contributed by atoms with Gasteiger partial charge < -0.3 is 10.2 Å². The molecule has 0 aliphatic heterocycles. The molecule has 4 aromatic rings. The van der Waals surface area contributed by atoms with Crippen LogP contribution in [-0.2, 0) is 11.3 Å². The van der Waals surface area contributed by atoms with Gasteiger partial charge in [0, 0.05) is 22.5 Å². The van der Waals surface area contributed by atoms with Crippen molar-refractivity contribution in [3.63, 3.8) is 0 Å². The molecule has 2 heterocycles. The molecule has 1 N–H and O–H groups in total. The average Bonchev–Trinajstić information content (AvgIpc) is 3.34. The second-order valence-corrected chi connectivity index (χ2v) is 10.7. The van der Waals surface area contributed by atoms with E-state index in [-0.39, 0.29) is 24.9 Å². The lowest BCUT2D eigenvalue weighted by Crippen LogP contribution is -2.47. The summed E-state index contributed by atoms with van der Waals surface area (Å²) < 4.78 is 1.86. The van der Waals surface area contributed by atoms with Gasteiger partial charge in [0.05, 0.1) is 16.3 Å². The van der Waals surface area contributed by atoms with Gasteiger partial charge in [-0.1, -0.05) is 48.0 Å². The van der Waals surface area contributed by atoms with E-state index >= 15 is 0 Å². The van der Waals surface area contributed by atoms with Gasteiger partial charge in [-0.3, -0.25) is 9.59 Å². The molecule has 0 bridgehead atoms. The number of carbonyl (C=O) groups excluding carboxylic acids is 2. The number of hydrogen-bond acceptors (Lipinski definition) is 4. The Kier molecular flexibility index (Phi) is 6.77. The molecule has 0 spiro atoms. The second kappa shape index (κ2) is 9.60. The Labute approximate surface area is 208 Å². The first-order chi connectivity index (χ1) is 16.1. The number of amides is 2. The second-order valence-electron chi connectivity index (χ2n) is 9.21. The first-order valence-electron chi connectivity index (χ1n) is 11.0. The highest BCUT2D eigenvalue weighted by atomic mass is 35.5. The highest BCUT2D eigenvalue weighted by Gasteiger charge is 2.25. The van der Waals surface area contributed by atoms with Gasteiger partial charge in [0.1, 0.15) is 11.4 Å². The molecule has 2 aromatic heterocycles. The Morgan fingerprint density at radius 2 is 1.76 bits per heavy atom. The summed E-state index contributed by atoms with van der Waals surface area (Å²) in [4.78, 5) is 29.4. The van der Waals surface area contributed by atoms with Gasteiger partial charge in [0.25, 0.3) is 5.91 Å². The first-order valence-corrected chi connectivity index (χ1v) is 12.2. The van der Waals surface area contributed by atoms with Crippen LogP contribution in [0.15, 0.2) is 60.7 Å². The van der Waals surface area contributed by atoms with Crippen LogP contribution in [0.2, 0.25) is 5.02 Å². The SMILES string of the molecule is Cc1nn(-c2ccccc2)c2sc(C(=O)N(CC(=O)NC(C)(C)C)Cc3ccccc3Cl)cc12. The zero-order chi connectivity index (χ0) is 24.5. The van der Waals surface area contributed by atoms with Crippen molar-refractivity contribution in [3.8, 4) is 5.69 Å². The molecule has 2 amide bonds. The van der Waals surface area contributed by atoms with Crippen molar-refractivity contribution in [1.82, 2.24) is 20.0 Å². The molecule has 0 saturated heterocycles. The summed E-state index contributed by atoms with van der Waals surface area (Å²) in [6.45, 7) is 7.83. The molecule has 2 aromatic carbocycles. The van der Waals surface area contributed by atoms with Crippen molar-refractivity contribution in [2.45, 2.75) is 39.8 Å². The highest BCUT2D eigenvalue weighted by Crippen LogP contribution is 2.31. The minimum absolute atomic E-state index is 0.0701. The van der Waals surface area contributed by atoms with Crippen molar-refractivity contribution in [2.24, 2.45) is 0 Å². The van der Waals surface area contributed by atoms with E-state index in [2.05, 4.69) is 10.4 Å². The summed E-state index contributed by atoms with van der Waals surface area (Å²) >= 11 is 7.75. The minimum Gasteiger partial charge on any atom is -0.350 e. The number of fused-ring (bicyclic) bond motifs is 1. The Balaban J connectivity index is 1.69. The van der Waals surface area contributed by atoms with Gasteiger partial charge in [0.15, 0.2) is 0 Å². The van der Waals surface area contributed by atoms with E-state index in [1.54, 1.807) is 11.0 Å². The largest absolute Gasteiger partial charge is 0.350 e. The number of para-hydroxylation sites is 1. The topological polar surface area (TPSA) is 67.2 Å². The maximum atomic E-state index is 13.7. The predicted octanol–water partition coefficient (Wildman–Crippen LogP) is 5.61. The number of thiophene rings is 1. The van der Waals surface area contributed by atoms with Gasteiger partial charge in [-0.15, -0.1) is 11.3 Å². The standard InChI is InChI=1S/C26H27ClN4O2S/c1-17-20-14-22(34-25(20)31(29-17)19-11-6-5-7-12-19)24(33)30(16-23(32)28-26(2,3)4)15-18-10-8-9-13-21(18)27/h5-14H,15-16H2,1-4H3,(H,28,32). The van der Waals surface area contributed by atoms with Gasteiger partial charge in [0.2, 0.25) is 5.91 Å². The Bertz CT molecular complexity index is 1340. The quantitative estimate of drug-likeness (QED) is 0.379. The molecule has 0 fully saturated rings. The van der Waals surface area contributed by atoms with E-state index in [1.165, 1.54) is 11.3 Å². The van der Waals surface area contributed by atoms with Crippen molar-refractivity contribution in [1.29, 1.82) is 0 Å². The fourth-order valence-corrected chi connectivity index (χ4v) is 5.06. The number of carbonyl (C=O) groups is 2. The maximum Gasteiger partial charge on any atom is 0.264 e. The van der Waals surface area contributed by atoms with Crippen LogP contribution < -0.4 is 5.32 Å². The zero-order valence-corrected chi connectivity index (χ0v) is 21.2. The highest BCUT2D eigenvalue weighted by molar-refractivity contribution is 7.20. The number of rotatable bonds is 6. The molecule has 34 heavy (non-hydrogen) atoms. The van der Waals surface area contributed by atoms with Crippen LogP contribution in [-0.4, -0.2) is 38.6 Å². The molecule has 8 heteroatoms. The molecule has 6 nitrogen and oxygen atoms in total. The summed E-state index contributed by atoms with van der Waals surface area (Å²) in [5, 5.41) is 9.08. The predicted molar refractivity (Wildman–Crippen MR) is 138 cm³/mol. The third-order valence-corrected chi connectivity index (χ3v) is 6.68. The van der Waals surface area contributed by atoms with Crippen LogP contribution in [0.4, 0.5) is 0 Å². The molecule has 0 unspecified atom stereocenters. The lowest BCUT2D eigenvalue weighted by molar-refractivity contribution is -0.123. The summed E-state index contributed by atoms with van der Waals surface area (Å²) in [5.74, 6) is -0.440. The molecular weight excluding hydrogens is 468 g/mol. The van der Waals surface area contributed by atoms with E-state index < -0.39 is 5.54 Å². The third kappa shape index (κ3) is 5.32. The molecule has 0 aliphatic rings. The molecule has 4 rings (SSSR count). The molecular formula is C26H27ClN4O2S. The van der Waals surface area contributed by atoms with Gasteiger partial charge >= 0.3 is 0 Å². The van der Waals surface area contributed by atoms with Crippen LogP contribution in [0.3, 0.4) is 0 Å². The number of benzene rings is 2. The number of hydrogen-bond donors (Lipinski definition) is 1. The average molecular weight is 495 g/mol. The third-order valence-electron chi connectivity index (χ3n) is 5.21. The van der Waals surface area contributed by atoms with E-state index in [4.69, 9.17) is 11.6 Å². The fourth-order valence-electron chi connectivity index (χ4n) is 3.72. The van der Waals surface area contributed by atoms with E-state index in [9.17, 15) is 9.59 Å². The van der Waals surface area contributed by atoms with Crippen molar-refractivity contribution >= 4 is 45.0 Å². The lowest BCUT2D eigenvalue weighted by atomic mass is 10.1. The molecule has 0 atom stereocenters. The number of nitrogens with zero attached hydrogens (tertiary/aromatic N) is 3. The molecule has 0 saturated carbocycles.